The first-order valence-corrected chi connectivity index (χ1v) is 7.29. The summed E-state index contributed by atoms with van der Waals surface area (Å²) in [5, 5.41) is 4.72. The highest BCUT2D eigenvalue weighted by Gasteiger charge is 2.15. The Morgan fingerprint density at radius 1 is 1.14 bits per heavy atom. The molecule has 3 heteroatoms. The molecule has 1 N–H and O–H groups in total. The maximum Gasteiger partial charge on any atom is 0.0766 e. The van der Waals surface area contributed by atoms with Crippen LogP contribution in [0.1, 0.15) is 29.8 Å². The largest absolute Gasteiger partial charge is 0.305 e. The van der Waals surface area contributed by atoms with Crippen LogP contribution in [0.15, 0.2) is 54.9 Å². The highest BCUT2D eigenvalue weighted by Crippen LogP contribution is 2.24. The van der Waals surface area contributed by atoms with Crippen molar-refractivity contribution in [2.24, 2.45) is 0 Å². The van der Waals surface area contributed by atoms with E-state index in [1.165, 1.54) is 10.9 Å². The molecule has 21 heavy (non-hydrogen) atoms. The van der Waals surface area contributed by atoms with Gasteiger partial charge in [0.1, 0.15) is 0 Å². The SMILES string of the molecule is CCNC(c1cccnc1)c1cc(C)c2ccccc2n1. The van der Waals surface area contributed by atoms with Crippen LogP contribution in [0.25, 0.3) is 10.9 Å². The fourth-order valence-corrected chi connectivity index (χ4v) is 2.67. The summed E-state index contributed by atoms with van der Waals surface area (Å²) in [4.78, 5) is 9.07. The van der Waals surface area contributed by atoms with E-state index in [-0.39, 0.29) is 6.04 Å². The lowest BCUT2D eigenvalue weighted by Gasteiger charge is -2.19. The number of fused-ring (bicyclic) bond motifs is 1. The zero-order valence-corrected chi connectivity index (χ0v) is 12.4. The van der Waals surface area contributed by atoms with Crippen molar-refractivity contribution < 1.29 is 0 Å². The minimum absolute atomic E-state index is 0.0759. The summed E-state index contributed by atoms with van der Waals surface area (Å²) in [6.07, 6.45) is 3.70. The van der Waals surface area contributed by atoms with Crippen LogP contribution in [0.3, 0.4) is 0 Å². The van der Waals surface area contributed by atoms with Crippen LogP contribution in [0.4, 0.5) is 0 Å². The Labute approximate surface area is 125 Å². The second-order valence-electron chi connectivity index (χ2n) is 5.16. The second-order valence-corrected chi connectivity index (χ2v) is 5.16. The summed E-state index contributed by atoms with van der Waals surface area (Å²) in [6.45, 7) is 5.13. The Morgan fingerprint density at radius 3 is 2.76 bits per heavy atom. The molecule has 0 bridgehead atoms. The molecule has 1 unspecified atom stereocenters. The molecule has 106 valence electrons. The van der Waals surface area contributed by atoms with Crippen LogP contribution in [0, 0.1) is 6.92 Å². The van der Waals surface area contributed by atoms with E-state index < -0.39 is 0 Å². The Hall–Kier alpha value is -2.26. The van der Waals surface area contributed by atoms with Gasteiger partial charge < -0.3 is 5.32 Å². The van der Waals surface area contributed by atoms with Gasteiger partial charge in [0.2, 0.25) is 0 Å². The highest BCUT2D eigenvalue weighted by molar-refractivity contribution is 5.82. The minimum atomic E-state index is 0.0759. The number of aromatic nitrogens is 2. The lowest BCUT2D eigenvalue weighted by molar-refractivity contribution is 0.615. The normalized spacial score (nSPS) is 12.5. The summed E-state index contributed by atoms with van der Waals surface area (Å²) in [5.41, 5.74) is 4.48. The molecule has 1 aromatic carbocycles. The number of benzene rings is 1. The number of nitrogens with one attached hydrogen (secondary N) is 1. The number of nitrogens with zero attached hydrogens (tertiary/aromatic N) is 2. The molecule has 0 fully saturated rings. The van der Waals surface area contributed by atoms with Crippen LogP contribution in [0.2, 0.25) is 0 Å². The van der Waals surface area contributed by atoms with Gasteiger partial charge in [-0.15, -0.1) is 0 Å². The molecule has 0 aliphatic rings. The maximum absolute atomic E-state index is 4.84. The fourth-order valence-electron chi connectivity index (χ4n) is 2.67. The third-order valence-electron chi connectivity index (χ3n) is 3.66. The molecule has 0 radical (unpaired) electrons. The number of aryl methyl sites for hydroxylation is 1. The summed E-state index contributed by atoms with van der Waals surface area (Å²) < 4.78 is 0. The first-order valence-electron chi connectivity index (χ1n) is 7.29. The quantitative estimate of drug-likeness (QED) is 0.791. The van der Waals surface area contributed by atoms with Crippen LogP contribution in [-0.4, -0.2) is 16.5 Å². The summed E-state index contributed by atoms with van der Waals surface area (Å²) in [5.74, 6) is 0. The molecule has 0 aliphatic heterocycles. The lowest BCUT2D eigenvalue weighted by Crippen LogP contribution is -2.23. The number of hydrogen-bond acceptors (Lipinski definition) is 3. The first-order chi connectivity index (χ1) is 10.3. The third kappa shape index (κ3) is 2.78. The van der Waals surface area contributed by atoms with Crippen LogP contribution < -0.4 is 5.32 Å². The van der Waals surface area contributed by atoms with E-state index >= 15 is 0 Å². The van der Waals surface area contributed by atoms with Gasteiger partial charge in [-0.3, -0.25) is 9.97 Å². The van der Waals surface area contributed by atoms with Gasteiger partial charge in [0, 0.05) is 17.8 Å². The molecule has 3 rings (SSSR count). The van der Waals surface area contributed by atoms with E-state index in [2.05, 4.69) is 54.5 Å². The average Bonchev–Trinajstić information content (AvgIpc) is 2.53. The zero-order valence-electron chi connectivity index (χ0n) is 12.4. The van der Waals surface area contributed by atoms with Gasteiger partial charge in [-0.2, -0.15) is 0 Å². The van der Waals surface area contributed by atoms with Crippen molar-refractivity contribution in [1.82, 2.24) is 15.3 Å². The number of para-hydroxylation sites is 1. The van der Waals surface area contributed by atoms with Gasteiger partial charge in [-0.1, -0.05) is 31.2 Å². The van der Waals surface area contributed by atoms with Crippen molar-refractivity contribution >= 4 is 10.9 Å². The summed E-state index contributed by atoms with van der Waals surface area (Å²) >= 11 is 0. The van der Waals surface area contributed by atoms with Gasteiger partial charge in [0.25, 0.3) is 0 Å². The lowest BCUT2D eigenvalue weighted by atomic mass is 10.0. The van der Waals surface area contributed by atoms with E-state index in [1.807, 2.05) is 18.3 Å². The zero-order chi connectivity index (χ0) is 14.7. The van der Waals surface area contributed by atoms with Crippen LogP contribution in [0.5, 0.6) is 0 Å². The standard InChI is InChI=1S/C18H19N3/c1-3-20-18(14-7-6-10-19-12-14)17-11-13(2)15-8-4-5-9-16(15)21-17/h4-12,18,20H,3H2,1-2H3. The molecular weight excluding hydrogens is 258 g/mol. The average molecular weight is 277 g/mol. The fraction of sp³-hybridized carbons (Fsp3) is 0.222. The van der Waals surface area contributed by atoms with Gasteiger partial charge in [0.15, 0.2) is 0 Å². The van der Waals surface area contributed by atoms with E-state index in [9.17, 15) is 0 Å². The second kappa shape index (κ2) is 6.02. The first kappa shape index (κ1) is 13.7. The van der Waals surface area contributed by atoms with E-state index in [0.29, 0.717) is 0 Å². The van der Waals surface area contributed by atoms with Gasteiger partial charge in [-0.05, 0) is 42.8 Å². The van der Waals surface area contributed by atoms with Crippen molar-refractivity contribution in [3.63, 3.8) is 0 Å². The van der Waals surface area contributed by atoms with E-state index in [0.717, 1.165) is 23.3 Å². The molecule has 0 amide bonds. The van der Waals surface area contributed by atoms with Crippen molar-refractivity contribution in [1.29, 1.82) is 0 Å². The van der Waals surface area contributed by atoms with Crippen molar-refractivity contribution in [3.05, 3.63) is 71.7 Å². The molecule has 0 spiro atoms. The topological polar surface area (TPSA) is 37.8 Å². The van der Waals surface area contributed by atoms with Gasteiger partial charge in [0.05, 0.1) is 17.3 Å². The Balaban J connectivity index is 2.11. The Morgan fingerprint density at radius 2 is 2.00 bits per heavy atom. The molecule has 3 nitrogen and oxygen atoms in total. The molecule has 1 atom stereocenters. The predicted octanol–water partition coefficient (Wildman–Crippen LogP) is 3.64. The molecule has 0 saturated heterocycles. The Kier molecular flexibility index (Phi) is 3.93. The van der Waals surface area contributed by atoms with Crippen molar-refractivity contribution in [2.75, 3.05) is 6.54 Å². The van der Waals surface area contributed by atoms with Crippen LogP contribution >= 0.6 is 0 Å². The van der Waals surface area contributed by atoms with Gasteiger partial charge in [-0.25, -0.2) is 0 Å². The molecule has 0 aliphatic carbocycles. The molecule has 2 heterocycles. The highest BCUT2D eigenvalue weighted by atomic mass is 14.9. The predicted molar refractivity (Wildman–Crippen MR) is 86.2 cm³/mol. The summed E-state index contributed by atoms with van der Waals surface area (Å²) in [7, 11) is 0. The van der Waals surface area contributed by atoms with Gasteiger partial charge >= 0.3 is 0 Å². The van der Waals surface area contributed by atoms with E-state index in [4.69, 9.17) is 4.98 Å². The number of pyridine rings is 2. The third-order valence-corrected chi connectivity index (χ3v) is 3.66. The molecule has 3 aromatic rings. The molecule has 2 aromatic heterocycles. The molecular formula is C18H19N3. The van der Waals surface area contributed by atoms with Crippen molar-refractivity contribution in [2.45, 2.75) is 19.9 Å². The van der Waals surface area contributed by atoms with E-state index in [1.54, 1.807) is 6.20 Å². The summed E-state index contributed by atoms with van der Waals surface area (Å²) in [6, 6.07) is 14.6. The minimum Gasteiger partial charge on any atom is -0.305 e. The number of rotatable bonds is 4. The van der Waals surface area contributed by atoms with Crippen LogP contribution in [-0.2, 0) is 0 Å². The number of hydrogen-bond donors (Lipinski definition) is 1. The smallest absolute Gasteiger partial charge is 0.0766 e. The Bertz CT molecular complexity index is 738. The maximum atomic E-state index is 4.84. The molecule has 0 saturated carbocycles. The van der Waals surface area contributed by atoms with Crippen molar-refractivity contribution in [3.8, 4) is 0 Å². The monoisotopic (exact) mass is 277 g/mol.